The molecule has 23 heavy (non-hydrogen) atoms. The minimum absolute atomic E-state index is 0.0935. The van der Waals surface area contributed by atoms with Crippen molar-refractivity contribution in [2.75, 3.05) is 34.4 Å². The second kappa shape index (κ2) is 10.9. The fraction of sp³-hybridized carbons (Fsp3) is 0.800. The summed E-state index contributed by atoms with van der Waals surface area (Å²) in [7, 11) is 0.931. The Hall–Kier alpha value is -0.720. The standard InChI is InChI=1S/C15H30NO6P/c1-14(2)15(17)20-12-10-8-6-7-9-11-13-21-23(18,19)22-16(3,4)5/h1,6-13H2,2-5H3/p+1. The maximum Gasteiger partial charge on any atom is 0.518 e. The van der Waals surface area contributed by atoms with Crippen LogP contribution in [-0.4, -0.2) is 49.9 Å². The Balaban J connectivity index is 3.48. The van der Waals surface area contributed by atoms with Crippen LogP contribution in [0.2, 0.25) is 0 Å². The molecule has 0 aromatic carbocycles. The van der Waals surface area contributed by atoms with Crippen LogP contribution in [0.15, 0.2) is 12.2 Å². The van der Waals surface area contributed by atoms with Gasteiger partial charge in [-0.2, -0.15) is 4.65 Å². The van der Waals surface area contributed by atoms with E-state index in [2.05, 4.69) is 6.58 Å². The molecule has 0 saturated heterocycles. The molecule has 0 rings (SSSR count). The topological polar surface area (TPSA) is 82.1 Å². The molecule has 0 bridgehead atoms. The maximum absolute atomic E-state index is 11.6. The van der Waals surface area contributed by atoms with E-state index in [0.717, 1.165) is 32.1 Å². The van der Waals surface area contributed by atoms with Crippen LogP contribution in [-0.2, 0) is 23.2 Å². The van der Waals surface area contributed by atoms with E-state index >= 15 is 0 Å². The number of carbonyl (C=O) groups is 1. The molecule has 1 N–H and O–H groups in total. The Bertz CT molecular complexity index is 419. The number of esters is 1. The first kappa shape index (κ1) is 22.3. The number of hydrogen-bond acceptors (Lipinski definition) is 5. The number of phosphoric ester groups is 1. The molecule has 1 unspecified atom stereocenters. The van der Waals surface area contributed by atoms with Gasteiger partial charge in [0.25, 0.3) is 0 Å². The molecule has 0 radical (unpaired) electrons. The monoisotopic (exact) mass is 352 g/mol. The Kier molecular flexibility index (Phi) is 10.6. The van der Waals surface area contributed by atoms with Gasteiger partial charge in [0.2, 0.25) is 0 Å². The highest BCUT2D eigenvalue weighted by Gasteiger charge is 2.30. The van der Waals surface area contributed by atoms with Gasteiger partial charge in [-0.15, -0.1) is 0 Å². The third-order valence-corrected chi connectivity index (χ3v) is 3.93. The molecule has 0 aliphatic carbocycles. The number of unbranched alkanes of at least 4 members (excludes halogenated alkanes) is 5. The quantitative estimate of drug-likeness (QED) is 0.137. The number of quaternary nitrogens is 1. The number of nitrogens with zero attached hydrogens (tertiary/aromatic N) is 1. The Morgan fingerprint density at radius 2 is 1.52 bits per heavy atom. The lowest BCUT2D eigenvalue weighted by Crippen LogP contribution is -2.33. The molecule has 136 valence electrons. The highest BCUT2D eigenvalue weighted by atomic mass is 31.2. The van der Waals surface area contributed by atoms with Gasteiger partial charge < -0.3 is 4.74 Å². The molecule has 0 fully saturated rings. The van der Waals surface area contributed by atoms with E-state index in [1.54, 1.807) is 28.1 Å². The van der Waals surface area contributed by atoms with E-state index < -0.39 is 7.82 Å². The van der Waals surface area contributed by atoms with Gasteiger partial charge in [0.05, 0.1) is 34.4 Å². The molecule has 0 aliphatic rings. The lowest BCUT2D eigenvalue weighted by Gasteiger charge is -2.22. The molecule has 0 spiro atoms. The van der Waals surface area contributed by atoms with Gasteiger partial charge in [0.15, 0.2) is 0 Å². The number of hydroxylamine groups is 3. The van der Waals surface area contributed by atoms with Crippen molar-refractivity contribution in [3.05, 3.63) is 12.2 Å². The van der Waals surface area contributed by atoms with Gasteiger partial charge >= 0.3 is 13.8 Å². The van der Waals surface area contributed by atoms with Gasteiger partial charge in [0, 0.05) is 5.57 Å². The summed E-state index contributed by atoms with van der Waals surface area (Å²) in [5.41, 5.74) is 0.417. The molecule has 0 aliphatic heterocycles. The second-order valence-electron chi connectivity index (χ2n) is 6.31. The zero-order chi connectivity index (χ0) is 17.9. The molecular formula is C15H31NO6P+. The largest absolute Gasteiger partial charge is 0.518 e. The maximum atomic E-state index is 11.6. The summed E-state index contributed by atoms with van der Waals surface area (Å²) in [6.07, 6.45) is 5.46. The van der Waals surface area contributed by atoms with Gasteiger partial charge in [-0.1, -0.05) is 36.9 Å². The molecule has 0 saturated carbocycles. The van der Waals surface area contributed by atoms with E-state index in [-0.39, 0.29) is 17.2 Å². The molecule has 8 heteroatoms. The number of phosphoric acid groups is 1. The number of hydrogen-bond donors (Lipinski definition) is 1. The van der Waals surface area contributed by atoms with Crippen LogP contribution < -0.4 is 0 Å². The number of rotatable bonds is 13. The first-order chi connectivity index (χ1) is 10.5. The average Bonchev–Trinajstić information content (AvgIpc) is 2.37. The van der Waals surface area contributed by atoms with E-state index in [1.165, 1.54) is 0 Å². The normalized spacial score (nSPS) is 14.3. The Morgan fingerprint density at radius 3 is 2.00 bits per heavy atom. The van der Waals surface area contributed by atoms with Crippen molar-refractivity contribution in [2.24, 2.45) is 0 Å². The van der Waals surface area contributed by atoms with E-state index in [4.69, 9.17) is 13.9 Å². The molecule has 0 amide bonds. The van der Waals surface area contributed by atoms with Crippen molar-refractivity contribution < 1.29 is 32.8 Å². The molecule has 0 aromatic heterocycles. The van der Waals surface area contributed by atoms with Gasteiger partial charge in [-0.05, 0) is 19.8 Å². The van der Waals surface area contributed by atoms with Crippen LogP contribution in [0.1, 0.15) is 45.4 Å². The molecule has 0 aromatic rings. The van der Waals surface area contributed by atoms with Crippen molar-refractivity contribution in [1.82, 2.24) is 0 Å². The third-order valence-electron chi connectivity index (χ3n) is 2.72. The van der Waals surface area contributed by atoms with E-state index in [0.29, 0.717) is 18.6 Å². The molecule has 7 nitrogen and oxygen atoms in total. The Morgan fingerprint density at radius 1 is 1.04 bits per heavy atom. The van der Waals surface area contributed by atoms with Crippen molar-refractivity contribution in [3.63, 3.8) is 0 Å². The van der Waals surface area contributed by atoms with Crippen LogP contribution in [0.4, 0.5) is 0 Å². The second-order valence-corrected chi connectivity index (χ2v) is 7.67. The molecule has 0 heterocycles. The fourth-order valence-corrected chi connectivity index (χ4v) is 2.74. The third kappa shape index (κ3) is 14.6. The molecule has 1 atom stereocenters. The van der Waals surface area contributed by atoms with Gasteiger partial charge in [-0.3, -0.25) is 9.42 Å². The summed E-state index contributed by atoms with van der Waals surface area (Å²) in [6, 6.07) is 0. The van der Waals surface area contributed by atoms with Gasteiger partial charge in [-0.25, -0.2) is 9.36 Å². The zero-order valence-corrected chi connectivity index (χ0v) is 15.6. The summed E-state index contributed by atoms with van der Waals surface area (Å²) in [5, 5.41) is 0. The summed E-state index contributed by atoms with van der Waals surface area (Å²) in [5.74, 6) is -0.341. The lowest BCUT2D eigenvalue weighted by atomic mass is 10.1. The van der Waals surface area contributed by atoms with Crippen molar-refractivity contribution in [3.8, 4) is 0 Å². The summed E-state index contributed by atoms with van der Waals surface area (Å²) >= 11 is 0. The summed E-state index contributed by atoms with van der Waals surface area (Å²) < 4.78 is 26.3. The van der Waals surface area contributed by atoms with Crippen molar-refractivity contribution in [1.29, 1.82) is 0 Å². The lowest BCUT2D eigenvalue weighted by molar-refractivity contribution is -1.04. The Labute approximate surface area is 139 Å². The predicted octanol–water partition coefficient (Wildman–Crippen LogP) is 3.20. The van der Waals surface area contributed by atoms with Crippen LogP contribution in [0.3, 0.4) is 0 Å². The smallest absolute Gasteiger partial charge is 0.462 e. The number of carbonyl (C=O) groups excluding carboxylic acids is 1. The first-order valence-electron chi connectivity index (χ1n) is 7.86. The summed E-state index contributed by atoms with van der Waals surface area (Å²) in [6.45, 7) is 5.76. The highest BCUT2D eigenvalue weighted by Crippen LogP contribution is 2.45. The minimum atomic E-state index is -3.99. The van der Waals surface area contributed by atoms with E-state index in [9.17, 15) is 14.3 Å². The van der Waals surface area contributed by atoms with Crippen molar-refractivity contribution in [2.45, 2.75) is 45.4 Å². The SMILES string of the molecule is C=C(C)C(=O)OCCCCCCCCOP(=O)(O)O[N+](C)(C)C. The summed E-state index contributed by atoms with van der Waals surface area (Å²) in [4.78, 5) is 20.6. The fourth-order valence-electron chi connectivity index (χ4n) is 1.71. The first-order valence-corrected chi connectivity index (χ1v) is 9.36. The van der Waals surface area contributed by atoms with E-state index in [1.807, 2.05) is 0 Å². The van der Waals surface area contributed by atoms with Crippen LogP contribution >= 0.6 is 7.82 Å². The number of ether oxygens (including phenoxy) is 1. The molecular weight excluding hydrogens is 321 g/mol. The average molecular weight is 352 g/mol. The van der Waals surface area contributed by atoms with Crippen molar-refractivity contribution >= 4 is 13.8 Å². The van der Waals surface area contributed by atoms with Crippen LogP contribution in [0.25, 0.3) is 0 Å². The van der Waals surface area contributed by atoms with Crippen LogP contribution in [0.5, 0.6) is 0 Å². The highest BCUT2D eigenvalue weighted by molar-refractivity contribution is 7.47. The van der Waals surface area contributed by atoms with Crippen LogP contribution in [0, 0.1) is 0 Å². The zero-order valence-electron chi connectivity index (χ0n) is 14.7. The minimum Gasteiger partial charge on any atom is -0.462 e. The van der Waals surface area contributed by atoms with Gasteiger partial charge in [0.1, 0.15) is 0 Å². The predicted molar refractivity (Wildman–Crippen MR) is 88.4 cm³/mol.